The average Bonchev–Trinajstić information content (AvgIpc) is 3.05. The van der Waals surface area contributed by atoms with E-state index in [0.29, 0.717) is 29.9 Å². The number of esters is 1. The lowest BCUT2D eigenvalue weighted by Crippen LogP contribution is -2.49. The maximum atomic E-state index is 12.5. The molecule has 0 radical (unpaired) electrons. The van der Waals surface area contributed by atoms with Gasteiger partial charge in [0.25, 0.3) is 0 Å². The van der Waals surface area contributed by atoms with Crippen LogP contribution in [0.1, 0.15) is 58.8 Å². The highest BCUT2D eigenvalue weighted by molar-refractivity contribution is 6.06. The van der Waals surface area contributed by atoms with Crippen molar-refractivity contribution >= 4 is 11.8 Å². The lowest BCUT2D eigenvalue weighted by Gasteiger charge is -2.53. The topological polar surface area (TPSA) is 76.4 Å². The second-order valence-electron chi connectivity index (χ2n) is 9.14. The third kappa shape index (κ3) is 3.17. The fourth-order valence-electron chi connectivity index (χ4n) is 6.45. The summed E-state index contributed by atoms with van der Waals surface area (Å²) in [6, 6.07) is 2.42. The smallest absolute Gasteiger partial charge is 0.316 e. The number of hydrogen-bond donors (Lipinski definition) is 0. The predicted molar refractivity (Wildman–Crippen MR) is 100 cm³/mol. The Balaban J connectivity index is 2.00. The molecule has 5 heteroatoms. The van der Waals surface area contributed by atoms with Gasteiger partial charge < -0.3 is 9.47 Å². The molecule has 0 saturated heterocycles. The number of allylic oxidation sites excluding steroid dienone is 2. The first-order valence-electron chi connectivity index (χ1n) is 10.1. The predicted octanol–water partition coefficient (Wildman–Crippen LogP) is 4.03. The number of nitrogens with zero attached hydrogens (tertiary/aromatic N) is 1. The molecule has 0 N–H and O–H groups in total. The number of nitriles is 1. The number of carbonyl (C=O) groups excluding carboxylic acids is 2. The molecule has 3 aliphatic rings. The molecule has 2 fully saturated rings. The van der Waals surface area contributed by atoms with E-state index in [0.717, 1.165) is 12.8 Å². The van der Waals surface area contributed by atoms with Crippen molar-refractivity contribution in [1.82, 2.24) is 0 Å². The molecule has 27 heavy (non-hydrogen) atoms. The molecule has 0 heterocycles. The van der Waals surface area contributed by atoms with Crippen molar-refractivity contribution in [3.05, 3.63) is 11.8 Å². The van der Waals surface area contributed by atoms with Crippen LogP contribution in [-0.4, -0.2) is 26.0 Å². The lowest BCUT2D eigenvalue weighted by atomic mass is 9.51. The van der Waals surface area contributed by atoms with Gasteiger partial charge in [-0.25, -0.2) is 0 Å². The molecule has 0 aliphatic heterocycles. The molecule has 6 atom stereocenters. The minimum atomic E-state index is -0.779. The Bertz CT molecular complexity index is 693. The molecule has 0 spiro atoms. The van der Waals surface area contributed by atoms with E-state index in [-0.39, 0.29) is 17.6 Å². The van der Waals surface area contributed by atoms with Crippen molar-refractivity contribution in [2.24, 2.45) is 34.5 Å². The third-order valence-electron chi connectivity index (χ3n) is 7.88. The number of fused-ring (bicyclic) bond motifs is 1. The monoisotopic (exact) mass is 373 g/mol. The molecule has 3 rings (SSSR count). The molecule has 148 valence electrons. The fraction of sp³-hybridized carbons (Fsp3) is 0.773. The number of methoxy groups -OCH3 is 2. The second-order valence-corrected chi connectivity index (χ2v) is 9.14. The van der Waals surface area contributed by atoms with E-state index in [1.54, 1.807) is 7.11 Å². The summed E-state index contributed by atoms with van der Waals surface area (Å²) in [4.78, 5) is 24.7. The van der Waals surface area contributed by atoms with Crippen LogP contribution in [0.2, 0.25) is 0 Å². The van der Waals surface area contributed by atoms with Gasteiger partial charge >= 0.3 is 5.97 Å². The summed E-state index contributed by atoms with van der Waals surface area (Å²) in [7, 11) is 2.92. The van der Waals surface area contributed by atoms with E-state index < -0.39 is 17.3 Å². The zero-order valence-corrected chi connectivity index (χ0v) is 16.9. The SMILES string of the molecule is COC(=O)C1C[C@](C)(C2CC[C@]3(C)CCC[C@H]3C2CC#N)C(OC)=CC1=O. The Kier molecular flexibility index (Phi) is 5.38. The van der Waals surface area contributed by atoms with E-state index in [1.807, 2.05) is 0 Å². The third-order valence-corrected chi connectivity index (χ3v) is 7.88. The molecule has 0 aromatic carbocycles. The first-order chi connectivity index (χ1) is 12.8. The summed E-state index contributed by atoms with van der Waals surface area (Å²) in [5, 5.41) is 9.54. The van der Waals surface area contributed by atoms with E-state index in [1.165, 1.54) is 32.4 Å². The van der Waals surface area contributed by atoms with Crippen LogP contribution in [0.3, 0.4) is 0 Å². The Morgan fingerprint density at radius 2 is 2.00 bits per heavy atom. The number of carbonyl (C=O) groups is 2. The van der Waals surface area contributed by atoms with Crippen LogP contribution in [0, 0.1) is 45.8 Å². The Morgan fingerprint density at radius 1 is 1.26 bits per heavy atom. The average molecular weight is 373 g/mol. The number of hydrogen-bond acceptors (Lipinski definition) is 5. The highest BCUT2D eigenvalue weighted by Crippen LogP contribution is 2.62. The molecule has 5 nitrogen and oxygen atoms in total. The van der Waals surface area contributed by atoms with Crippen LogP contribution in [0.5, 0.6) is 0 Å². The lowest BCUT2D eigenvalue weighted by molar-refractivity contribution is -0.152. The van der Waals surface area contributed by atoms with Gasteiger partial charge in [0, 0.05) is 17.9 Å². The molecule has 0 aromatic heterocycles. The molecule has 0 amide bonds. The van der Waals surface area contributed by atoms with Crippen LogP contribution in [0.25, 0.3) is 0 Å². The summed E-state index contributed by atoms with van der Waals surface area (Å²) in [6.07, 6.45) is 8.18. The highest BCUT2D eigenvalue weighted by Gasteiger charge is 2.56. The van der Waals surface area contributed by atoms with E-state index >= 15 is 0 Å². The number of rotatable bonds is 4. The molecule has 3 unspecified atom stereocenters. The first-order valence-corrected chi connectivity index (χ1v) is 10.1. The molecule has 0 bridgehead atoms. The van der Waals surface area contributed by atoms with E-state index in [4.69, 9.17) is 9.47 Å². The van der Waals surface area contributed by atoms with Crippen LogP contribution in [0.15, 0.2) is 11.8 Å². The molecule has 0 aromatic rings. The van der Waals surface area contributed by atoms with Gasteiger partial charge in [0.05, 0.1) is 20.3 Å². The minimum absolute atomic E-state index is 0.222. The van der Waals surface area contributed by atoms with Crippen molar-refractivity contribution < 1.29 is 19.1 Å². The molecule has 3 aliphatic carbocycles. The Morgan fingerprint density at radius 3 is 2.63 bits per heavy atom. The first kappa shape index (κ1) is 19.9. The van der Waals surface area contributed by atoms with Gasteiger partial charge in [0.15, 0.2) is 5.78 Å². The highest BCUT2D eigenvalue weighted by atomic mass is 16.5. The molecular weight excluding hydrogens is 342 g/mol. The summed E-state index contributed by atoms with van der Waals surface area (Å²) in [5.41, 5.74) is -0.121. The van der Waals surface area contributed by atoms with Crippen molar-refractivity contribution in [2.45, 2.75) is 58.8 Å². The van der Waals surface area contributed by atoms with Crippen LogP contribution >= 0.6 is 0 Å². The Labute approximate surface area is 162 Å². The van der Waals surface area contributed by atoms with Gasteiger partial charge in [-0.15, -0.1) is 0 Å². The van der Waals surface area contributed by atoms with Crippen LogP contribution in [0.4, 0.5) is 0 Å². The van der Waals surface area contributed by atoms with Crippen molar-refractivity contribution in [3.8, 4) is 6.07 Å². The van der Waals surface area contributed by atoms with Crippen molar-refractivity contribution in [1.29, 1.82) is 5.26 Å². The number of ketones is 1. The largest absolute Gasteiger partial charge is 0.500 e. The second kappa shape index (κ2) is 7.30. The van der Waals surface area contributed by atoms with Gasteiger partial charge in [0.1, 0.15) is 11.7 Å². The van der Waals surface area contributed by atoms with Gasteiger partial charge in [-0.1, -0.05) is 20.3 Å². The van der Waals surface area contributed by atoms with Crippen LogP contribution in [-0.2, 0) is 19.1 Å². The maximum absolute atomic E-state index is 12.5. The minimum Gasteiger partial charge on any atom is -0.500 e. The fourth-order valence-corrected chi connectivity index (χ4v) is 6.45. The normalized spacial score (nSPS) is 41.3. The standard InChI is InChI=1S/C22H31NO4/c1-21-9-5-6-16(21)14(8-11-23)17(7-10-21)22(2)13-15(20(25)27-4)18(24)12-19(22)26-3/h12,14-17H,5-10,13H2,1-4H3/t14?,15?,16-,17?,21-,22+/m0/s1. The summed E-state index contributed by atoms with van der Waals surface area (Å²) in [6.45, 7) is 4.49. The molecule has 2 saturated carbocycles. The Hall–Kier alpha value is -1.83. The summed E-state index contributed by atoms with van der Waals surface area (Å²) < 4.78 is 10.5. The van der Waals surface area contributed by atoms with Gasteiger partial charge in [-0.2, -0.15) is 5.26 Å². The summed E-state index contributed by atoms with van der Waals surface area (Å²) >= 11 is 0. The van der Waals surface area contributed by atoms with Crippen LogP contribution < -0.4 is 0 Å². The molecular formula is C22H31NO4. The van der Waals surface area contributed by atoms with Gasteiger partial charge in [0.2, 0.25) is 0 Å². The van der Waals surface area contributed by atoms with Crippen molar-refractivity contribution in [2.75, 3.05) is 14.2 Å². The van der Waals surface area contributed by atoms with Gasteiger partial charge in [-0.05, 0) is 55.3 Å². The zero-order chi connectivity index (χ0) is 19.8. The maximum Gasteiger partial charge on any atom is 0.316 e. The van der Waals surface area contributed by atoms with Gasteiger partial charge in [-0.3, -0.25) is 9.59 Å². The number of ether oxygens (including phenoxy) is 2. The zero-order valence-electron chi connectivity index (χ0n) is 16.9. The quantitative estimate of drug-likeness (QED) is 0.549. The van der Waals surface area contributed by atoms with E-state index in [2.05, 4.69) is 19.9 Å². The van der Waals surface area contributed by atoms with E-state index in [9.17, 15) is 14.9 Å². The van der Waals surface area contributed by atoms with Crippen molar-refractivity contribution in [3.63, 3.8) is 0 Å². The summed E-state index contributed by atoms with van der Waals surface area (Å²) in [5.74, 6) is 0.178.